The first-order chi connectivity index (χ1) is 6.31. The Morgan fingerprint density at radius 1 is 1.38 bits per heavy atom. The highest BCUT2D eigenvalue weighted by Crippen LogP contribution is 2.29. The highest BCUT2D eigenvalue weighted by atomic mass is 16.3. The van der Waals surface area contributed by atoms with Crippen molar-refractivity contribution >= 4 is 0 Å². The van der Waals surface area contributed by atoms with E-state index in [2.05, 4.69) is 17.1 Å². The van der Waals surface area contributed by atoms with Crippen molar-refractivity contribution in [3.05, 3.63) is 0 Å². The average molecular weight is 184 g/mol. The predicted molar refractivity (Wildman–Crippen MR) is 52.6 cm³/mol. The van der Waals surface area contributed by atoms with Gasteiger partial charge in [-0.25, -0.2) is 0 Å². The van der Waals surface area contributed by atoms with Gasteiger partial charge >= 0.3 is 0 Å². The van der Waals surface area contributed by atoms with Gasteiger partial charge in [-0.2, -0.15) is 0 Å². The summed E-state index contributed by atoms with van der Waals surface area (Å²) in [5.74, 6) is 0.720. The molecule has 76 valence electrons. The Bertz CT molecular complexity index is 170. The second-order valence-corrected chi connectivity index (χ2v) is 4.53. The third kappa shape index (κ3) is 2.22. The molecule has 3 heteroatoms. The second-order valence-electron chi connectivity index (χ2n) is 4.53. The van der Waals surface area contributed by atoms with E-state index < -0.39 is 0 Å². The molecule has 2 fully saturated rings. The summed E-state index contributed by atoms with van der Waals surface area (Å²) >= 11 is 0. The first-order valence-electron chi connectivity index (χ1n) is 5.38. The van der Waals surface area contributed by atoms with Crippen LogP contribution >= 0.6 is 0 Å². The molecule has 2 atom stereocenters. The van der Waals surface area contributed by atoms with Gasteiger partial charge < -0.3 is 10.4 Å². The molecule has 1 aliphatic carbocycles. The first kappa shape index (κ1) is 9.44. The summed E-state index contributed by atoms with van der Waals surface area (Å²) < 4.78 is 0. The Morgan fingerprint density at radius 2 is 2.15 bits per heavy atom. The molecule has 1 saturated carbocycles. The van der Waals surface area contributed by atoms with Gasteiger partial charge in [0, 0.05) is 25.2 Å². The van der Waals surface area contributed by atoms with Crippen LogP contribution in [0.5, 0.6) is 0 Å². The van der Waals surface area contributed by atoms with Crippen LogP contribution in [-0.4, -0.2) is 48.3 Å². The van der Waals surface area contributed by atoms with Crippen LogP contribution in [0.2, 0.25) is 0 Å². The molecule has 2 unspecified atom stereocenters. The number of hydrogen-bond donors (Lipinski definition) is 2. The summed E-state index contributed by atoms with van der Waals surface area (Å²) in [6, 6.07) is 1.14. The van der Waals surface area contributed by atoms with Crippen LogP contribution in [0.3, 0.4) is 0 Å². The standard InChI is InChI=1S/C10H20N2O/c1-8-4-11-5-10(7-13)12(6-8)9-2-3-9/h8-11,13H,2-7H2,1H3. The predicted octanol–water partition coefficient (Wildman–Crippen LogP) is 0.0510. The van der Waals surface area contributed by atoms with Gasteiger partial charge in [0.25, 0.3) is 0 Å². The molecule has 0 aromatic rings. The minimum atomic E-state index is 0.302. The molecule has 3 nitrogen and oxygen atoms in total. The summed E-state index contributed by atoms with van der Waals surface area (Å²) in [5.41, 5.74) is 0. The zero-order valence-electron chi connectivity index (χ0n) is 8.37. The lowest BCUT2D eigenvalue weighted by molar-refractivity contribution is 0.117. The van der Waals surface area contributed by atoms with Crippen molar-refractivity contribution in [3.63, 3.8) is 0 Å². The second kappa shape index (κ2) is 3.95. The van der Waals surface area contributed by atoms with E-state index in [1.165, 1.54) is 12.8 Å². The van der Waals surface area contributed by atoms with Crippen LogP contribution in [0, 0.1) is 5.92 Å². The maximum Gasteiger partial charge on any atom is 0.0599 e. The van der Waals surface area contributed by atoms with Crippen molar-refractivity contribution in [2.75, 3.05) is 26.2 Å². The summed E-state index contributed by atoms with van der Waals surface area (Å²) in [4.78, 5) is 2.50. The lowest BCUT2D eigenvalue weighted by atomic mass is 10.1. The summed E-state index contributed by atoms with van der Waals surface area (Å²) in [7, 11) is 0. The fraction of sp³-hybridized carbons (Fsp3) is 1.00. The topological polar surface area (TPSA) is 35.5 Å². The minimum absolute atomic E-state index is 0.302. The molecule has 0 aromatic carbocycles. The Balaban J connectivity index is 1.98. The Hall–Kier alpha value is -0.120. The molecular weight excluding hydrogens is 164 g/mol. The molecular formula is C10H20N2O. The lowest BCUT2D eigenvalue weighted by Crippen LogP contribution is -2.44. The van der Waals surface area contributed by atoms with Gasteiger partial charge in [0.05, 0.1) is 6.61 Å². The van der Waals surface area contributed by atoms with E-state index in [0.29, 0.717) is 12.6 Å². The normalized spacial score (nSPS) is 37.4. The molecule has 2 rings (SSSR count). The highest BCUT2D eigenvalue weighted by molar-refractivity contribution is 4.91. The van der Waals surface area contributed by atoms with E-state index in [9.17, 15) is 5.11 Å². The van der Waals surface area contributed by atoms with Crippen LogP contribution in [0.4, 0.5) is 0 Å². The largest absolute Gasteiger partial charge is 0.395 e. The van der Waals surface area contributed by atoms with Crippen molar-refractivity contribution in [1.29, 1.82) is 0 Å². The van der Waals surface area contributed by atoms with Gasteiger partial charge in [0.15, 0.2) is 0 Å². The summed E-state index contributed by atoms with van der Waals surface area (Å²) in [6.45, 7) is 5.79. The molecule has 0 amide bonds. The Labute approximate surface area is 80.1 Å². The molecule has 2 aliphatic rings. The summed E-state index contributed by atoms with van der Waals surface area (Å²) in [5, 5.41) is 12.7. The maximum atomic E-state index is 9.27. The van der Waals surface area contributed by atoms with Crippen LogP contribution < -0.4 is 5.32 Å². The highest BCUT2D eigenvalue weighted by Gasteiger charge is 2.35. The van der Waals surface area contributed by atoms with E-state index in [4.69, 9.17) is 0 Å². The van der Waals surface area contributed by atoms with E-state index in [1.54, 1.807) is 0 Å². The van der Waals surface area contributed by atoms with Crippen LogP contribution in [0.1, 0.15) is 19.8 Å². The van der Waals surface area contributed by atoms with Crippen molar-refractivity contribution in [3.8, 4) is 0 Å². The molecule has 1 heterocycles. The SMILES string of the molecule is CC1CNCC(CO)N(C2CC2)C1. The van der Waals surface area contributed by atoms with Crippen LogP contribution in [-0.2, 0) is 0 Å². The number of rotatable bonds is 2. The van der Waals surface area contributed by atoms with Gasteiger partial charge in [-0.3, -0.25) is 4.90 Å². The van der Waals surface area contributed by atoms with Crippen LogP contribution in [0.15, 0.2) is 0 Å². The van der Waals surface area contributed by atoms with E-state index in [-0.39, 0.29) is 0 Å². The Morgan fingerprint density at radius 3 is 2.77 bits per heavy atom. The molecule has 0 aromatic heterocycles. The quantitative estimate of drug-likeness (QED) is 0.636. The fourth-order valence-corrected chi connectivity index (χ4v) is 2.21. The number of nitrogens with zero attached hydrogens (tertiary/aromatic N) is 1. The van der Waals surface area contributed by atoms with E-state index in [1.807, 2.05) is 0 Å². The van der Waals surface area contributed by atoms with Crippen molar-refractivity contribution in [1.82, 2.24) is 10.2 Å². The minimum Gasteiger partial charge on any atom is -0.395 e. The molecule has 13 heavy (non-hydrogen) atoms. The van der Waals surface area contributed by atoms with Gasteiger partial charge in [-0.15, -0.1) is 0 Å². The monoisotopic (exact) mass is 184 g/mol. The van der Waals surface area contributed by atoms with Gasteiger partial charge in [-0.05, 0) is 25.3 Å². The third-order valence-electron chi connectivity index (χ3n) is 3.09. The number of aliphatic hydroxyl groups is 1. The smallest absolute Gasteiger partial charge is 0.0599 e. The van der Waals surface area contributed by atoms with Gasteiger partial charge in [0.1, 0.15) is 0 Å². The molecule has 0 radical (unpaired) electrons. The van der Waals surface area contributed by atoms with Crippen LogP contribution in [0.25, 0.3) is 0 Å². The third-order valence-corrected chi connectivity index (χ3v) is 3.09. The average Bonchev–Trinajstić information content (AvgIpc) is 2.89. The van der Waals surface area contributed by atoms with Crippen molar-refractivity contribution in [2.45, 2.75) is 31.8 Å². The summed E-state index contributed by atoms with van der Waals surface area (Å²) in [6.07, 6.45) is 2.67. The van der Waals surface area contributed by atoms with E-state index in [0.717, 1.165) is 31.6 Å². The molecule has 0 spiro atoms. The molecule has 0 bridgehead atoms. The van der Waals surface area contributed by atoms with Gasteiger partial charge in [-0.1, -0.05) is 6.92 Å². The van der Waals surface area contributed by atoms with Crippen molar-refractivity contribution < 1.29 is 5.11 Å². The van der Waals surface area contributed by atoms with Gasteiger partial charge in [0.2, 0.25) is 0 Å². The number of aliphatic hydroxyl groups excluding tert-OH is 1. The lowest BCUT2D eigenvalue weighted by Gasteiger charge is -2.29. The Kier molecular flexibility index (Phi) is 2.86. The van der Waals surface area contributed by atoms with Crippen molar-refractivity contribution in [2.24, 2.45) is 5.92 Å². The molecule has 1 aliphatic heterocycles. The fourth-order valence-electron chi connectivity index (χ4n) is 2.21. The first-order valence-corrected chi connectivity index (χ1v) is 5.38. The number of hydrogen-bond acceptors (Lipinski definition) is 3. The molecule has 1 saturated heterocycles. The van der Waals surface area contributed by atoms with E-state index >= 15 is 0 Å². The maximum absolute atomic E-state index is 9.27. The number of nitrogens with one attached hydrogen (secondary N) is 1. The molecule has 2 N–H and O–H groups in total. The zero-order valence-corrected chi connectivity index (χ0v) is 8.37. The zero-order chi connectivity index (χ0) is 9.26.